The van der Waals surface area contributed by atoms with Gasteiger partial charge in [-0.1, -0.05) is 32.1 Å². The quantitative estimate of drug-likeness (QED) is 0.773. The Balaban J connectivity index is 1.44. The van der Waals surface area contributed by atoms with E-state index < -0.39 is 0 Å². The topological polar surface area (TPSA) is 41.5 Å². The Morgan fingerprint density at radius 1 is 0.947 bits per heavy atom. The highest BCUT2D eigenvalue weighted by molar-refractivity contribution is 4.93. The summed E-state index contributed by atoms with van der Waals surface area (Å²) in [6.07, 6.45) is 13.7. The van der Waals surface area contributed by atoms with Gasteiger partial charge < -0.3 is 15.2 Å². The second-order valence-electron chi connectivity index (χ2n) is 6.89. The zero-order valence-electron chi connectivity index (χ0n) is 12.1. The third-order valence-corrected chi connectivity index (χ3v) is 5.44. The lowest BCUT2D eigenvalue weighted by molar-refractivity contribution is -0.0374. The van der Waals surface area contributed by atoms with E-state index in [1.807, 2.05) is 0 Å². The van der Waals surface area contributed by atoms with E-state index in [0.29, 0.717) is 12.1 Å². The van der Waals surface area contributed by atoms with Crippen molar-refractivity contribution >= 4 is 0 Å². The molecule has 0 aromatic rings. The van der Waals surface area contributed by atoms with Crippen molar-refractivity contribution in [1.29, 1.82) is 0 Å². The molecule has 3 heteroatoms. The summed E-state index contributed by atoms with van der Waals surface area (Å²) < 4.78 is 6.32. The predicted octanol–water partition coefficient (Wildman–Crippen LogP) is 2.76. The first-order valence-corrected chi connectivity index (χ1v) is 8.37. The van der Waals surface area contributed by atoms with Crippen LogP contribution in [0.3, 0.4) is 0 Å². The summed E-state index contributed by atoms with van der Waals surface area (Å²) in [6, 6.07) is 0.297. The monoisotopic (exact) mass is 267 g/mol. The van der Waals surface area contributed by atoms with Gasteiger partial charge in [0.15, 0.2) is 0 Å². The fourth-order valence-electron chi connectivity index (χ4n) is 4.24. The highest BCUT2D eigenvalue weighted by atomic mass is 16.5. The van der Waals surface area contributed by atoms with Gasteiger partial charge in [-0.3, -0.25) is 0 Å². The molecule has 19 heavy (non-hydrogen) atoms. The molecule has 110 valence electrons. The van der Waals surface area contributed by atoms with Gasteiger partial charge in [-0.25, -0.2) is 0 Å². The molecule has 0 aromatic carbocycles. The average Bonchev–Trinajstić information content (AvgIpc) is 2.98. The number of hydrogen-bond acceptors (Lipinski definition) is 3. The third-order valence-electron chi connectivity index (χ3n) is 5.44. The fraction of sp³-hybridized carbons (Fsp3) is 1.00. The average molecular weight is 267 g/mol. The fourth-order valence-corrected chi connectivity index (χ4v) is 4.24. The van der Waals surface area contributed by atoms with E-state index in [9.17, 15) is 5.11 Å². The van der Waals surface area contributed by atoms with Crippen LogP contribution in [0.4, 0.5) is 0 Å². The Hall–Kier alpha value is -0.120. The highest BCUT2D eigenvalue weighted by Crippen LogP contribution is 2.43. The molecule has 3 nitrogen and oxygen atoms in total. The molecule has 1 aliphatic heterocycles. The van der Waals surface area contributed by atoms with Gasteiger partial charge >= 0.3 is 0 Å². The van der Waals surface area contributed by atoms with Crippen LogP contribution in [0, 0.1) is 0 Å². The van der Waals surface area contributed by atoms with E-state index in [4.69, 9.17) is 4.74 Å². The Bertz CT molecular complexity index is 288. The predicted molar refractivity (Wildman–Crippen MR) is 76.2 cm³/mol. The van der Waals surface area contributed by atoms with Crippen molar-refractivity contribution in [1.82, 2.24) is 5.32 Å². The summed E-state index contributed by atoms with van der Waals surface area (Å²) in [5.41, 5.74) is 0.244. The molecular weight excluding hydrogens is 238 g/mol. The second kappa shape index (κ2) is 6.11. The Kier molecular flexibility index (Phi) is 4.45. The molecular formula is C16H29NO2. The minimum absolute atomic E-state index is 0.149. The lowest BCUT2D eigenvalue weighted by atomic mass is 9.98. The molecule has 2 N–H and O–H groups in total. The molecule has 3 rings (SSSR count). The molecule has 3 aliphatic rings. The molecule has 0 amide bonds. The van der Waals surface area contributed by atoms with E-state index >= 15 is 0 Å². The Labute approximate surface area is 117 Å². The zero-order valence-corrected chi connectivity index (χ0v) is 12.1. The van der Waals surface area contributed by atoms with Gasteiger partial charge in [0.25, 0.3) is 0 Å². The molecule has 2 aliphatic carbocycles. The van der Waals surface area contributed by atoms with E-state index in [0.717, 1.165) is 19.4 Å². The largest absolute Gasteiger partial charge is 0.392 e. The third kappa shape index (κ3) is 3.32. The molecule has 2 saturated carbocycles. The molecule has 1 saturated heterocycles. The summed E-state index contributed by atoms with van der Waals surface area (Å²) in [4.78, 5) is 0. The molecule has 0 bridgehead atoms. The van der Waals surface area contributed by atoms with E-state index in [1.54, 1.807) is 0 Å². The molecule has 0 aromatic heterocycles. The molecule has 1 heterocycles. The maximum atomic E-state index is 10.1. The summed E-state index contributed by atoms with van der Waals surface area (Å²) in [5, 5.41) is 13.7. The smallest absolute Gasteiger partial charge is 0.0708 e. The lowest BCUT2D eigenvalue weighted by Gasteiger charge is -2.26. The van der Waals surface area contributed by atoms with Crippen LogP contribution >= 0.6 is 0 Å². The molecule has 1 spiro atoms. The molecule has 0 radical (unpaired) electrons. The number of aliphatic hydroxyl groups is 1. The Morgan fingerprint density at radius 2 is 1.74 bits per heavy atom. The first-order valence-electron chi connectivity index (χ1n) is 8.37. The number of ether oxygens (including phenoxy) is 1. The van der Waals surface area contributed by atoms with E-state index in [1.165, 1.54) is 57.8 Å². The van der Waals surface area contributed by atoms with Crippen molar-refractivity contribution in [2.75, 3.05) is 6.54 Å². The number of nitrogens with one attached hydrogen (secondary N) is 1. The van der Waals surface area contributed by atoms with Gasteiger partial charge in [-0.05, 0) is 38.5 Å². The van der Waals surface area contributed by atoms with Crippen molar-refractivity contribution in [3.05, 3.63) is 0 Å². The summed E-state index contributed by atoms with van der Waals surface area (Å²) in [5.74, 6) is 0. The second-order valence-corrected chi connectivity index (χ2v) is 6.89. The minimum Gasteiger partial charge on any atom is -0.392 e. The Morgan fingerprint density at radius 3 is 2.58 bits per heavy atom. The van der Waals surface area contributed by atoms with Crippen molar-refractivity contribution in [2.45, 2.75) is 94.5 Å². The van der Waals surface area contributed by atoms with Crippen LogP contribution in [0.5, 0.6) is 0 Å². The summed E-state index contributed by atoms with van der Waals surface area (Å²) in [7, 11) is 0. The van der Waals surface area contributed by atoms with Crippen molar-refractivity contribution in [3.8, 4) is 0 Å². The number of hydrogen-bond donors (Lipinski definition) is 2. The lowest BCUT2D eigenvalue weighted by Crippen LogP contribution is -2.43. The maximum Gasteiger partial charge on any atom is 0.0708 e. The minimum atomic E-state index is -0.149. The van der Waals surface area contributed by atoms with Crippen LogP contribution in [0.2, 0.25) is 0 Å². The van der Waals surface area contributed by atoms with Crippen molar-refractivity contribution in [3.63, 3.8) is 0 Å². The molecule has 3 unspecified atom stereocenters. The van der Waals surface area contributed by atoms with Crippen LogP contribution in [0.25, 0.3) is 0 Å². The summed E-state index contributed by atoms with van der Waals surface area (Å²) in [6.45, 7) is 0.934. The van der Waals surface area contributed by atoms with E-state index in [-0.39, 0.29) is 11.7 Å². The van der Waals surface area contributed by atoms with Gasteiger partial charge in [0.05, 0.1) is 17.8 Å². The molecule has 3 fully saturated rings. The van der Waals surface area contributed by atoms with Gasteiger partial charge in [0, 0.05) is 12.6 Å². The van der Waals surface area contributed by atoms with Gasteiger partial charge in [-0.2, -0.15) is 0 Å². The van der Waals surface area contributed by atoms with Gasteiger partial charge in [0.1, 0.15) is 0 Å². The zero-order chi connectivity index (χ0) is 13.1. The molecule has 3 atom stereocenters. The van der Waals surface area contributed by atoms with Crippen molar-refractivity contribution < 1.29 is 9.84 Å². The summed E-state index contributed by atoms with van der Waals surface area (Å²) >= 11 is 0. The first-order chi connectivity index (χ1) is 9.27. The van der Waals surface area contributed by atoms with Crippen LogP contribution in [0.1, 0.15) is 70.6 Å². The number of rotatable bonds is 3. The van der Waals surface area contributed by atoms with E-state index in [2.05, 4.69) is 5.32 Å². The van der Waals surface area contributed by atoms with Crippen LogP contribution < -0.4 is 5.32 Å². The standard InChI is InChI=1S/C16H29NO2/c18-15-7-3-1-2-6-14(15)17-12-13-8-11-16(19-13)9-4-5-10-16/h13-15,17-18H,1-12H2. The first kappa shape index (κ1) is 13.8. The van der Waals surface area contributed by atoms with Crippen LogP contribution in [-0.4, -0.2) is 35.5 Å². The van der Waals surface area contributed by atoms with Crippen LogP contribution in [-0.2, 0) is 4.74 Å². The highest BCUT2D eigenvalue weighted by Gasteiger charge is 2.42. The van der Waals surface area contributed by atoms with Gasteiger partial charge in [-0.15, -0.1) is 0 Å². The number of aliphatic hydroxyl groups excluding tert-OH is 1. The van der Waals surface area contributed by atoms with Gasteiger partial charge in [0.2, 0.25) is 0 Å². The van der Waals surface area contributed by atoms with Crippen molar-refractivity contribution in [2.24, 2.45) is 0 Å². The van der Waals surface area contributed by atoms with Crippen LogP contribution in [0.15, 0.2) is 0 Å². The normalized spacial score (nSPS) is 38.7. The maximum absolute atomic E-state index is 10.1. The SMILES string of the molecule is OC1CCCCCC1NCC1CCC2(CCCC2)O1.